The summed E-state index contributed by atoms with van der Waals surface area (Å²) in [5, 5.41) is 0. The van der Waals surface area contributed by atoms with Crippen LogP contribution in [-0.2, 0) is 0 Å². The van der Waals surface area contributed by atoms with Crippen LogP contribution in [0.2, 0.25) is 0 Å². The standard InChI is InChI=1S/C36H74/c1-5-9-12-14-16-18-19-20-21-22-23-24-26-28-31-34-36(35(8-4)32-29-11-7-3)33-30-27-25-17-15-13-10-6-2/h35-36H,5-34H2,1-4H3. The first kappa shape index (κ1) is 36.0. The molecule has 218 valence electrons. The third-order valence-corrected chi connectivity index (χ3v) is 8.98. The summed E-state index contributed by atoms with van der Waals surface area (Å²) in [6, 6.07) is 0. The van der Waals surface area contributed by atoms with Crippen LogP contribution in [0.1, 0.15) is 220 Å². The molecule has 0 heteroatoms. The largest absolute Gasteiger partial charge is 0.0654 e. The van der Waals surface area contributed by atoms with E-state index in [1.807, 2.05) is 0 Å². The van der Waals surface area contributed by atoms with E-state index in [0.29, 0.717) is 0 Å². The lowest BCUT2D eigenvalue weighted by atomic mass is 9.79. The SMILES string of the molecule is CCCCCCCCCCCCCCCCCC(CCCCCCCCCC)C(CC)CCCCC. The summed E-state index contributed by atoms with van der Waals surface area (Å²) in [7, 11) is 0. The maximum absolute atomic E-state index is 2.48. The third-order valence-electron chi connectivity index (χ3n) is 8.98. The highest BCUT2D eigenvalue weighted by Gasteiger charge is 2.19. The molecule has 0 saturated carbocycles. The van der Waals surface area contributed by atoms with Gasteiger partial charge in [0.2, 0.25) is 0 Å². The molecule has 0 aromatic heterocycles. The topological polar surface area (TPSA) is 0 Å². The minimum atomic E-state index is 1.01. The van der Waals surface area contributed by atoms with E-state index < -0.39 is 0 Å². The molecule has 0 aromatic carbocycles. The highest BCUT2D eigenvalue weighted by Crippen LogP contribution is 2.32. The molecular weight excluding hydrogens is 432 g/mol. The molecule has 0 aliphatic carbocycles. The van der Waals surface area contributed by atoms with Gasteiger partial charge in [0, 0.05) is 0 Å². The monoisotopic (exact) mass is 507 g/mol. The zero-order chi connectivity index (χ0) is 26.4. The summed E-state index contributed by atoms with van der Waals surface area (Å²) in [4.78, 5) is 0. The molecule has 0 radical (unpaired) electrons. The molecular formula is C36H74. The number of hydrogen-bond donors (Lipinski definition) is 0. The van der Waals surface area contributed by atoms with Crippen molar-refractivity contribution in [2.45, 2.75) is 220 Å². The van der Waals surface area contributed by atoms with Crippen LogP contribution < -0.4 is 0 Å². The van der Waals surface area contributed by atoms with E-state index in [0.717, 1.165) is 11.8 Å². The summed E-state index contributed by atoms with van der Waals surface area (Å²) >= 11 is 0. The maximum atomic E-state index is 2.48. The van der Waals surface area contributed by atoms with E-state index in [2.05, 4.69) is 27.7 Å². The molecule has 0 aromatic rings. The lowest BCUT2D eigenvalue weighted by Gasteiger charge is -2.27. The Morgan fingerprint density at radius 2 is 0.472 bits per heavy atom. The van der Waals surface area contributed by atoms with E-state index in [-0.39, 0.29) is 0 Å². The molecule has 0 saturated heterocycles. The van der Waals surface area contributed by atoms with Crippen LogP contribution in [0, 0.1) is 11.8 Å². The van der Waals surface area contributed by atoms with Crippen molar-refractivity contribution in [1.82, 2.24) is 0 Å². The van der Waals surface area contributed by atoms with Gasteiger partial charge < -0.3 is 0 Å². The Labute approximate surface area is 232 Å². The van der Waals surface area contributed by atoms with Gasteiger partial charge in [0.15, 0.2) is 0 Å². The molecule has 0 aliphatic heterocycles. The molecule has 0 spiro atoms. The molecule has 0 fully saturated rings. The predicted molar refractivity (Wildman–Crippen MR) is 168 cm³/mol. The molecule has 0 heterocycles. The van der Waals surface area contributed by atoms with Gasteiger partial charge in [-0.05, 0) is 11.8 Å². The van der Waals surface area contributed by atoms with E-state index in [9.17, 15) is 0 Å². The minimum Gasteiger partial charge on any atom is -0.0654 e. The van der Waals surface area contributed by atoms with E-state index in [4.69, 9.17) is 0 Å². The van der Waals surface area contributed by atoms with Crippen molar-refractivity contribution in [3.8, 4) is 0 Å². The average Bonchev–Trinajstić information content (AvgIpc) is 2.89. The van der Waals surface area contributed by atoms with Crippen molar-refractivity contribution in [2.75, 3.05) is 0 Å². The van der Waals surface area contributed by atoms with Gasteiger partial charge in [-0.2, -0.15) is 0 Å². The summed E-state index contributed by atoms with van der Waals surface area (Å²) in [5.74, 6) is 2.03. The van der Waals surface area contributed by atoms with Crippen molar-refractivity contribution in [3.05, 3.63) is 0 Å². The summed E-state index contributed by atoms with van der Waals surface area (Å²) in [6.07, 6.45) is 44.2. The van der Waals surface area contributed by atoms with Crippen LogP contribution in [0.15, 0.2) is 0 Å². The summed E-state index contributed by atoms with van der Waals surface area (Å²) in [6.45, 7) is 9.47. The molecule has 0 aliphatic rings. The zero-order valence-corrected chi connectivity index (χ0v) is 26.4. The molecule has 2 unspecified atom stereocenters. The first-order chi connectivity index (χ1) is 17.8. The van der Waals surface area contributed by atoms with Crippen LogP contribution in [0.25, 0.3) is 0 Å². The Morgan fingerprint density at radius 3 is 0.778 bits per heavy atom. The second-order valence-electron chi connectivity index (χ2n) is 12.4. The van der Waals surface area contributed by atoms with E-state index in [1.165, 1.54) is 193 Å². The second kappa shape index (κ2) is 31.2. The Balaban J connectivity index is 3.88. The third kappa shape index (κ3) is 25.6. The Hall–Kier alpha value is 0. The fourth-order valence-corrected chi connectivity index (χ4v) is 6.36. The van der Waals surface area contributed by atoms with E-state index in [1.54, 1.807) is 0 Å². The van der Waals surface area contributed by atoms with Gasteiger partial charge in [0.1, 0.15) is 0 Å². The molecule has 0 bridgehead atoms. The molecule has 0 N–H and O–H groups in total. The molecule has 2 atom stereocenters. The fraction of sp³-hybridized carbons (Fsp3) is 1.00. The normalized spacial score (nSPS) is 13.3. The van der Waals surface area contributed by atoms with Crippen LogP contribution in [0.5, 0.6) is 0 Å². The quantitative estimate of drug-likeness (QED) is 0.0820. The van der Waals surface area contributed by atoms with Gasteiger partial charge in [0.25, 0.3) is 0 Å². The van der Waals surface area contributed by atoms with Crippen LogP contribution >= 0.6 is 0 Å². The average molecular weight is 507 g/mol. The summed E-state index contributed by atoms with van der Waals surface area (Å²) in [5.41, 5.74) is 0. The van der Waals surface area contributed by atoms with Gasteiger partial charge in [-0.15, -0.1) is 0 Å². The van der Waals surface area contributed by atoms with Crippen molar-refractivity contribution in [2.24, 2.45) is 11.8 Å². The van der Waals surface area contributed by atoms with Crippen LogP contribution in [-0.4, -0.2) is 0 Å². The van der Waals surface area contributed by atoms with Crippen molar-refractivity contribution >= 4 is 0 Å². The van der Waals surface area contributed by atoms with Gasteiger partial charge in [0.05, 0.1) is 0 Å². The van der Waals surface area contributed by atoms with Crippen molar-refractivity contribution < 1.29 is 0 Å². The van der Waals surface area contributed by atoms with Crippen molar-refractivity contribution in [3.63, 3.8) is 0 Å². The first-order valence-electron chi connectivity index (χ1n) is 17.8. The Kier molecular flexibility index (Phi) is 31.2. The first-order valence-corrected chi connectivity index (χ1v) is 17.8. The fourth-order valence-electron chi connectivity index (χ4n) is 6.36. The molecule has 0 rings (SSSR count). The number of unbranched alkanes of at least 4 members (excludes halogenated alkanes) is 23. The molecule has 36 heavy (non-hydrogen) atoms. The Bertz CT molecular complexity index is 372. The molecule has 0 nitrogen and oxygen atoms in total. The van der Waals surface area contributed by atoms with Crippen LogP contribution in [0.4, 0.5) is 0 Å². The predicted octanol–water partition coefficient (Wildman–Crippen LogP) is 14.0. The zero-order valence-electron chi connectivity index (χ0n) is 26.4. The minimum absolute atomic E-state index is 1.01. The number of rotatable bonds is 31. The second-order valence-corrected chi connectivity index (χ2v) is 12.4. The van der Waals surface area contributed by atoms with Gasteiger partial charge in [-0.1, -0.05) is 220 Å². The highest BCUT2D eigenvalue weighted by atomic mass is 14.2. The molecule has 0 amide bonds. The highest BCUT2D eigenvalue weighted by molar-refractivity contribution is 4.71. The maximum Gasteiger partial charge on any atom is -0.0386 e. The summed E-state index contributed by atoms with van der Waals surface area (Å²) < 4.78 is 0. The smallest absolute Gasteiger partial charge is 0.0386 e. The van der Waals surface area contributed by atoms with Crippen LogP contribution in [0.3, 0.4) is 0 Å². The van der Waals surface area contributed by atoms with E-state index >= 15 is 0 Å². The van der Waals surface area contributed by atoms with Crippen molar-refractivity contribution in [1.29, 1.82) is 0 Å². The Morgan fingerprint density at radius 1 is 0.250 bits per heavy atom. The van der Waals surface area contributed by atoms with Gasteiger partial charge >= 0.3 is 0 Å². The van der Waals surface area contributed by atoms with Gasteiger partial charge in [-0.25, -0.2) is 0 Å². The van der Waals surface area contributed by atoms with Gasteiger partial charge in [-0.3, -0.25) is 0 Å². The number of hydrogen-bond acceptors (Lipinski definition) is 0. The lowest BCUT2D eigenvalue weighted by molar-refractivity contribution is 0.249. The lowest BCUT2D eigenvalue weighted by Crippen LogP contribution is -2.15.